The van der Waals surface area contributed by atoms with Crippen LogP contribution in [0.15, 0.2) is 0 Å². The van der Waals surface area contributed by atoms with Gasteiger partial charge in [-0.25, -0.2) is 4.57 Å². The van der Waals surface area contributed by atoms with E-state index >= 15 is 0 Å². The second kappa shape index (κ2) is 12.2. The predicted molar refractivity (Wildman–Crippen MR) is 106 cm³/mol. The molecule has 3 rings (SSSR count). The molecule has 3 fully saturated rings. The van der Waals surface area contributed by atoms with E-state index in [1.165, 1.54) is 0 Å². The number of aliphatic hydroxyl groups excluding tert-OH is 9. The highest BCUT2D eigenvalue weighted by Crippen LogP contribution is 2.41. The lowest BCUT2D eigenvalue weighted by atomic mass is 9.96. The Balaban J connectivity index is 1.75. The van der Waals surface area contributed by atoms with Gasteiger partial charge >= 0.3 is 7.82 Å². The van der Waals surface area contributed by atoms with Gasteiger partial charge in [0.05, 0.1) is 19.8 Å². The van der Waals surface area contributed by atoms with Crippen LogP contribution in [0.1, 0.15) is 0 Å². The summed E-state index contributed by atoms with van der Waals surface area (Å²) in [5.74, 6) is 0. The Labute approximate surface area is 203 Å². The Morgan fingerprint density at radius 3 is 1.81 bits per heavy atom. The van der Waals surface area contributed by atoms with Crippen molar-refractivity contribution in [2.24, 2.45) is 0 Å². The van der Waals surface area contributed by atoms with Crippen LogP contribution in [-0.2, 0) is 32.8 Å². The van der Waals surface area contributed by atoms with Gasteiger partial charge in [-0.1, -0.05) is 0 Å². The number of aliphatic hydroxyl groups is 9. The molecule has 0 aromatic rings. The average molecular weight is 554 g/mol. The Morgan fingerprint density at radius 1 is 0.694 bits per heavy atom. The van der Waals surface area contributed by atoms with Gasteiger partial charge in [0.15, 0.2) is 18.9 Å². The summed E-state index contributed by atoms with van der Waals surface area (Å²) in [6, 6.07) is 0. The van der Waals surface area contributed by atoms with Crippen molar-refractivity contribution in [3.05, 3.63) is 0 Å². The molecule has 3 aliphatic heterocycles. The molecule has 0 radical (unpaired) electrons. The van der Waals surface area contributed by atoms with Gasteiger partial charge in [-0.3, -0.25) is 4.52 Å². The molecule has 3 heterocycles. The van der Waals surface area contributed by atoms with Crippen LogP contribution in [0.5, 0.6) is 0 Å². The lowest BCUT2D eigenvalue weighted by Crippen LogP contribution is -2.65. The summed E-state index contributed by atoms with van der Waals surface area (Å²) in [5, 5.41) is 90.3. The Bertz CT molecular complexity index is 751. The maximum Gasteiger partial charge on any atom is 0.470 e. The molecule has 19 heteroatoms. The van der Waals surface area contributed by atoms with Crippen molar-refractivity contribution in [1.29, 1.82) is 0 Å². The molecule has 18 nitrogen and oxygen atoms in total. The van der Waals surface area contributed by atoms with Gasteiger partial charge in [-0.2, -0.15) is 0 Å². The minimum absolute atomic E-state index is 0.569. The molecule has 3 aliphatic rings. The van der Waals surface area contributed by atoms with Gasteiger partial charge in [-0.05, 0) is 0 Å². The summed E-state index contributed by atoms with van der Waals surface area (Å²) in [5.41, 5.74) is 0. The monoisotopic (exact) mass is 554 g/mol. The van der Waals surface area contributed by atoms with Crippen LogP contribution in [0.4, 0.5) is 0 Å². The van der Waals surface area contributed by atoms with E-state index in [-0.39, 0.29) is 0 Å². The van der Waals surface area contributed by atoms with E-state index in [9.17, 15) is 50.5 Å². The van der Waals surface area contributed by atoms with Crippen LogP contribution < -0.4 is 0 Å². The van der Waals surface area contributed by atoms with Gasteiger partial charge in [0.25, 0.3) is 0 Å². The van der Waals surface area contributed by atoms with E-state index in [0.717, 1.165) is 0 Å². The zero-order valence-electron chi connectivity index (χ0n) is 18.4. The molecule has 3 saturated heterocycles. The number of rotatable bonds is 8. The lowest BCUT2D eigenvalue weighted by molar-refractivity contribution is -0.372. The highest BCUT2D eigenvalue weighted by molar-refractivity contribution is 7.46. The maximum absolute atomic E-state index is 11.1. The van der Waals surface area contributed by atoms with Gasteiger partial charge in [0, 0.05) is 0 Å². The lowest BCUT2D eigenvalue weighted by Gasteiger charge is -2.47. The molecule has 11 N–H and O–H groups in total. The highest BCUT2D eigenvalue weighted by Gasteiger charge is 2.52. The quantitative estimate of drug-likeness (QED) is 0.124. The molecule has 14 atom stereocenters. The first-order valence-corrected chi connectivity index (χ1v) is 12.3. The zero-order chi connectivity index (χ0) is 26.9. The molecule has 0 spiro atoms. The largest absolute Gasteiger partial charge is 0.470 e. The molecule has 36 heavy (non-hydrogen) atoms. The molecule has 212 valence electrons. The van der Waals surface area contributed by atoms with Crippen LogP contribution in [0.2, 0.25) is 0 Å². The van der Waals surface area contributed by atoms with Crippen LogP contribution in [-0.4, -0.2) is 162 Å². The number of hydrogen-bond acceptors (Lipinski definition) is 16. The van der Waals surface area contributed by atoms with Crippen LogP contribution in [0.25, 0.3) is 0 Å². The first-order chi connectivity index (χ1) is 16.8. The van der Waals surface area contributed by atoms with Crippen LogP contribution in [0, 0.1) is 0 Å². The predicted octanol–water partition coefficient (Wildman–Crippen LogP) is -6.82. The molecular formula is C17H31O18P. The smallest absolute Gasteiger partial charge is 0.394 e. The first-order valence-electron chi connectivity index (χ1n) is 10.7. The Hall–Kier alpha value is -0.450. The SMILES string of the molecule is O=P(O)(O)O[C@H]1C(O)OC[C@@H](O[C@@H]2O[C@H](CO)[C@H](O)[C@H](O[C@@H]3O[C@H](CO)[C@H](O)[C@H](O)[C@H]3O)[C@H]2O)[C@@H]1O. The van der Waals surface area contributed by atoms with E-state index < -0.39 is 114 Å². The van der Waals surface area contributed by atoms with Crippen molar-refractivity contribution in [2.45, 2.75) is 86.0 Å². The second-order valence-corrected chi connectivity index (χ2v) is 9.65. The Kier molecular flexibility index (Phi) is 10.2. The fourth-order valence-electron chi connectivity index (χ4n) is 3.99. The molecule has 0 aromatic carbocycles. The van der Waals surface area contributed by atoms with Crippen molar-refractivity contribution < 1.29 is 88.5 Å². The number of ether oxygens (including phenoxy) is 5. The summed E-state index contributed by atoms with van der Waals surface area (Å²) in [4.78, 5) is 18.0. The topological polar surface area (TPSA) is 295 Å². The summed E-state index contributed by atoms with van der Waals surface area (Å²) in [6.45, 7) is -2.19. The second-order valence-electron chi connectivity index (χ2n) is 8.45. The first kappa shape index (κ1) is 30.1. The fourth-order valence-corrected chi connectivity index (χ4v) is 4.54. The van der Waals surface area contributed by atoms with E-state index in [1.54, 1.807) is 0 Å². The molecule has 0 bridgehead atoms. The molecule has 0 amide bonds. The molecule has 1 unspecified atom stereocenters. The van der Waals surface area contributed by atoms with Gasteiger partial charge in [0.2, 0.25) is 0 Å². The summed E-state index contributed by atoms with van der Waals surface area (Å²) in [6.07, 6.45) is -24.6. The Morgan fingerprint density at radius 2 is 1.25 bits per heavy atom. The van der Waals surface area contributed by atoms with Crippen molar-refractivity contribution in [3.8, 4) is 0 Å². The fraction of sp³-hybridized carbons (Fsp3) is 1.00. The standard InChI is InChI=1S/C17H31O18P/c18-1-4-7(20)10(23)11(24)16(31-4)34-13-8(21)5(2-19)32-17(12(13)25)33-6-3-30-15(26)14(9(6)22)35-36(27,28)29/h4-26H,1-3H2,(H2,27,28,29)/t4-,5-,6-,7+,8+,9+,10+,11-,12-,13+,14-,15?,16+,17+/m1/s1. The normalized spacial score (nSPS) is 48.6. The third kappa shape index (κ3) is 6.57. The van der Waals surface area contributed by atoms with Gasteiger partial charge in [-0.15, -0.1) is 0 Å². The molecule has 0 saturated carbocycles. The van der Waals surface area contributed by atoms with E-state index in [2.05, 4.69) is 4.52 Å². The number of phosphoric ester groups is 1. The molecular weight excluding hydrogens is 523 g/mol. The van der Waals surface area contributed by atoms with Crippen LogP contribution in [0.3, 0.4) is 0 Å². The van der Waals surface area contributed by atoms with Crippen molar-refractivity contribution in [3.63, 3.8) is 0 Å². The van der Waals surface area contributed by atoms with Gasteiger partial charge < -0.3 is 79.4 Å². The van der Waals surface area contributed by atoms with E-state index in [1.807, 2.05) is 0 Å². The summed E-state index contributed by atoms with van der Waals surface area (Å²) < 4.78 is 41.7. The van der Waals surface area contributed by atoms with Gasteiger partial charge in [0.1, 0.15) is 67.1 Å². The van der Waals surface area contributed by atoms with E-state index in [4.69, 9.17) is 33.5 Å². The zero-order valence-corrected chi connectivity index (χ0v) is 19.3. The van der Waals surface area contributed by atoms with E-state index in [0.29, 0.717) is 0 Å². The minimum Gasteiger partial charge on any atom is -0.394 e. The number of phosphoric acid groups is 1. The van der Waals surface area contributed by atoms with Crippen molar-refractivity contribution in [1.82, 2.24) is 0 Å². The minimum atomic E-state index is -5.18. The molecule has 0 aliphatic carbocycles. The van der Waals surface area contributed by atoms with Crippen molar-refractivity contribution >= 4 is 7.82 Å². The average Bonchev–Trinajstić information content (AvgIpc) is 2.82. The summed E-state index contributed by atoms with van der Waals surface area (Å²) >= 11 is 0. The maximum atomic E-state index is 11.1. The summed E-state index contributed by atoms with van der Waals surface area (Å²) in [7, 11) is -5.18. The third-order valence-electron chi connectivity index (χ3n) is 5.96. The van der Waals surface area contributed by atoms with Crippen LogP contribution >= 0.6 is 7.82 Å². The molecule has 0 aromatic heterocycles. The van der Waals surface area contributed by atoms with Crippen molar-refractivity contribution in [2.75, 3.05) is 19.8 Å². The third-order valence-corrected chi connectivity index (χ3v) is 6.48. The number of hydrogen-bond donors (Lipinski definition) is 11. The highest BCUT2D eigenvalue weighted by atomic mass is 31.2.